The van der Waals surface area contributed by atoms with Crippen LogP contribution < -0.4 is 0 Å². The molecule has 0 aromatic carbocycles. The number of rotatable bonds is 9. The topological polar surface area (TPSA) is 44.8 Å². The van der Waals surface area contributed by atoms with E-state index in [1.807, 2.05) is 0 Å². The summed E-state index contributed by atoms with van der Waals surface area (Å²) in [5, 5.41) is 0. The van der Waals surface area contributed by atoms with Crippen molar-refractivity contribution in [1.29, 1.82) is 0 Å². The first-order valence-corrected chi connectivity index (χ1v) is 6.55. The van der Waals surface area contributed by atoms with Crippen molar-refractivity contribution in [2.75, 3.05) is 19.8 Å². The van der Waals surface area contributed by atoms with E-state index in [-0.39, 0.29) is 13.2 Å². The molecule has 0 heterocycles. The van der Waals surface area contributed by atoms with Crippen molar-refractivity contribution in [1.82, 2.24) is 0 Å². The Morgan fingerprint density at radius 1 is 1.06 bits per heavy atom. The molecular formula is C11H17O4P. The van der Waals surface area contributed by atoms with E-state index < -0.39 is 7.82 Å². The summed E-state index contributed by atoms with van der Waals surface area (Å²) >= 11 is 0. The molecule has 0 radical (unpaired) electrons. The van der Waals surface area contributed by atoms with Gasteiger partial charge in [-0.15, -0.1) is 12.8 Å². The van der Waals surface area contributed by atoms with Crippen molar-refractivity contribution in [2.45, 2.75) is 26.2 Å². The molecule has 0 aliphatic rings. The maximum atomic E-state index is 11.8. The quantitative estimate of drug-likeness (QED) is 0.355. The van der Waals surface area contributed by atoms with Gasteiger partial charge in [-0.2, -0.15) is 0 Å². The molecule has 0 aliphatic heterocycles. The maximum Gasteiger partial charge on any atom is 0.476 e. The van der Waals surface area contributed by atoms with Crippen molar-refractivity contribution in [2.24, 2.45) is 0 Å². The molecule has 0 N–H and O–H groups in total. The lowest BCUT2D eigenvalue weighted by Gasteiger charge is -2.15. The summed E-state index contributed by atoms with van der Waals surface area (Å²) in [6.45, 7) is 2.11. The number of unbranched alkanes of at least 4 members (excludes halogenated alkanes) is 2. The van der Waals surface area contributed by atoms with Crippen molar-refractivity contribution in [3.8, 4) is 24.7 Å². The predicted octanol–water partition coefficient (Wildman–Crippen LogP) is 2.60. The van der Waals surface area contributed by atoms with Gasteiger partial charge in [-0.1, -0.05) is 31.6 Å². The van der Waals surface area contributed by atoms with Gasteiger partial charge in [-0.3, -0.25) is 13.6 Å². The van der Waals surface area contributed by atoms with Gasteiger partial charge in [0.05, 0.1) is 6.61 Å². The van der Waals surface area contributed by atoms with Crippen LogP contribution >= 0.6 is 7.82 Å². The van der Waals surface area contributed by atoms with E-state index in [1.54, 1.807) is 0 Å². The highest BCUT2D eigenvalue weighted by Gasteiger charge is 2.25. The summed E-state index contributed by atoms with van der Waals surface area (Å²) in [6.07, 6.45) is 12.8. The minimum absolute atomic E-state index is 0.129. The Hall–Kier alpha value is -0.770. The molecule has 0 bridgehead atoms. The third-order valence-electron chi connectivity index (χ3n) is 1.61. The average Bonchev–Trinajstić information content (AvgIpc) is 2.30. The molecule has 0 spiro atoms. The van der Waals surface area contributed by atoms with E-state index in [2.05, 4.69) is 18.8 Å². The van der Waals surface area contributed by atoms with Crippen LogP contribution in [-0.4, -0.2) is 19.8 Å². The molecule has 0 rings (SSSR count). The number of hydrogen-bond acceptors (Lipinski definition) is 4. The van der Waals surface area contributed by atoms with E-state index in [4.69, 9.17) is 26.4 Å². The zero-order chi connectivity index (χ0) is 12.3. The smallest absolute Gasteiger partial charge is 0.287 e. The average molecular weight is 244 g/mol. The summed E-state index contributed by atoms with van der Waals surface area (Å²) in [5.41, 5.74) is 0. The van der Waals surface area contributed by atoms with Crippen molar-refractivity contribution in [3.63, 3.8) is 0 Å². The Balaban J connectivity index is 4.04. The van der Waals surface area contributed by atoms with Gasteiger partial charge >= 0.3 is 7.82 Å². The van der Waals surface area contributed by atoms with Crippen molar-refractivity contribution >= 4 is 7.82 Å². The molecule has 16 heavy (non-hydrogen) atoms. The highest BCUT2D eigenvalue weighted by molar-refractivity contribution is 7.48. The summed E-state index contributed by atoms with van der Waals surface area (Å²) in [7, 11) is -3.58. The Kier molecular flexibility index (Phi) is 9.00. The molecule has 4 nitrogen and oxygen atoms in total. The Bertz CT molecular complexity index is 278. The van der Waals surface area contributed by atoms with Gasteiger partial charge in [0.15, 0.2) is 0 Å². The number of hydrogen-bond donors (Lipinski definition) is 0. The largest absolute Gasteiger partial charge is 0.476 e. The molecule has 0 amide bonds. The van der Waals surface area contributed by atoms with Gasteiger partial charge in [-0.25, -0.2) is 4.57 Å². The SMILES string of the molecule is C#CCOP(=O)(OCC#C)OCCCCC. The summed E-state index contributed by atoms with van der Waals surface area (Å²) < 4.78 is 26.6. The molecule has 0 unspecified atom stereocenters. The Labute approximate surface area is 97.3 Å². The van der Waals surface area contributed by atoms with Crippen LogP contribution in [0.25, 0.3) is 0 Å². The fourth-order valence-electron chi connectivity index (χ4n) is 0.873. The van der Waals surface area contributed by atoms with Crippen LogP contribution in [0.4, 0.5) is 0 Å². The highest BCUT2D eigenvalue weighted by Crippen LogP contribution is 2.49. The first kappa shape index (κ1) is 15.2. The van der Waals surface area contributed by atoms with Crippen LogP contribution in [0.2, 0.25) is 0 Å². The van der Waals surface area contributed by atoms with Crippen LogP contribution in [0.5, 0.6) is 0 Å². The van der Waals surface area contributed by atoms with Gasteiger partial charge < -0.3 is 0 Å². The van der Waals surface area contributed by atoms with Crippen LogP contribution in [-0.2, 0) is 18.1 Å². The number of phosphoric ester groups is 1. The Morgan fingerprint density at radius 3 is 2.06 bits per heavy atom. The summed E-state index contributed by atoms with van der Waals surface area (Å²) in [5.74, 6) is 4.39. The molecule has 5 heteroatoms. The molecule has 0 atom stereocenters. The molecular weight excluding hydrogens is 227 g/mol. The predicted molar refractivity (Wildman–Crippen MR) is 62.7 cm³/mol. The second kappa shape index (κ2) is 9.46. The molecule has 0 fully saturated rings. The fourth-order valence-corrected chi connectivity index (χ4v) is 1.91. The van der Waals surface area contributed by atoms with E-state index >= 15 is 0 Å². The minimum Gasteiger partial charge on any atom is -0.287 e. The molecule has 0 aromatic heterocycles. The highest BCUT2D eigenvalue weighted by atomic mass is 31.2. The van der Waals surface area contributed by atoms with Crippen LogP contribution in [0.15, 0.2) is 0 Å². The number of terminal acetylenes is 2. The lowest BCUT2D eigenvalue weighted by Crippen LogP contribution is -2.02. The van der Waals surface area contributed by atoms with E-state index in [9.17, 15) is 4.57 Å². The van der Waals surface area contributed by atoms with Gasteiger partial charge in [0, 0.05) is 0 Å². The second-order valence-corrected chi connectivity index (χ2v) is 4.61. The van der Waals surface area contributed by atoms with E-state index in [1.165, 1.54) is 0 Å². The third kappa shape index (κ3) is 7.51. The van der Waals surface area contributed by atoms with Gasteiger partial charge in [-0.05, 0) is 6.42 Å². The molecule has 0 saturated carbocycles. The van der Waals surface area contributed by atoms with Gasteiger partial charge in [0.2, 0.25) is 0 Å². The van der Waals surface area contributed by atoms with Gasteiger partial charge in [0.1, 0.15) is 13.2 Å². The molecule has 0 aliphatic carbocycles. The maximum absolute atomic E-state index is 11.8. The lowest BCUT2D eigenvalue weighted by molar-refractivity contribution is 0.132. The molecule has 0 aromatic rings. The van der Waals surface area contributed by atoms with Crippen LogP contribution in [0, 0.1) is 24.7 Å². The van der Waals surface area contributed by atoms with Crippen LogP contribution in [0.1, 0.15) is 26.2 Å². The first-order chi connectivity index (χ1) is 7.68. The second-order valence-electron chi connectivity index (χ2n) is 2.94. The van der Waals surface area contributed by atoms with Crippen molar-refractivity contribution in [3.05, 3.63) is 0 Å². The van der Waals surface area contributed by atoms with E-state index in [0.29, 0.717) is 6.61 Å². The minimum atomic E-state index is -3.58. The zero-order valence-electron chi connectivity index (χ0n) is 9.48. The molecule has 90 valence electrons. The standard InChI is InChI=1S/C11H17O4P/c1-4-7-8-11-15-16(12,13-9-5-2)14-10-6-3/h2-3H,4,7-11H2,1H3. The molecule has 0 saturated heterocycles. The number of phosphoric acid groups is 1. The van der Waals surface area contributed by atoms with Crippen LogP contribution in [0.3, 0.4) is 0 Å². The lowest BCUT2D eigenvalue weighted by atomic mass is 10.3. The summed E-state index contributed by atoms with van der Waals surface area (Å²) in [4.78, 5) is 0. The monoisotopic (exact) mass is 244 g/mol. The zero-order valence-corrected chi connectivity index (χ0v) is 10.4. The fraction of sp³-hybridized carbons (Fsp3) is 0.636. The first-order valence-electron chi connectivity index (χ1n) is 5.09. The normalized spacial score (nSPS) is 10.7. The van der Waals surface area contributed by atoms with E-state index in [0.717, 1.165) is 19.3 Å². The summed E-state index contributed by atoms with van der Waals surface area (Å²) in [6, 6.07) is 0. The Morgan fingerprint density at radius 2 is 1.62 bits per heavy atom. The third-order valence-corrected chi connectivity index (χ3v) is 3.00. The van der Waals surface area contributed by atoms with Gasteiger partial charge in [0.25, 0.3) is 0 Å². The van der Waals surface area contributed by atoms with Crippen molar-refractivity contribution < 1.29 is 18.1 Å².